The number of methoxy groups -OCH3 is 2. The summed E-state index contributed by atoms with van der Waals surface area (Å²) in [5, 5.41) is -0.0363. The number of carbonyl (C=O) groups excluding carboxylic acids is 2. The van der Waals surface area contributed by atoms with E-state index in [1.807, 2.05) is 13.0 Å². The lowest BCUT2D eigenvalue weighted by molar-refractivity contribution is -0.113. The number of hydrogen-bond acceptors (Lipinski definition) is 5. The van der Waals surface area contributed by atoms with Crippen LogP contribution in [0, 0.1) is 6.92 Å². The number of benzene rings is 2. The van der Waals surface area contributed by atoms with Crippen molar-refractivity contribution in [1.82, 2.24) is 0 Å². The van der Waals surface area contributed by atoms with E-state index in [9.17, 15) is 9.59 Å². The highest BCUT2D eigenvalue weighted by atomic mass is 35.5. The highest BCUT2D eigenvalue weighted by Gasteiger charge is 2.37. The average molecular weight is 390 g/mol. The maximum Gasteiger partial charge on any atom is 0.298 e. The minimum absolute atomic E-state index is 0.324. The van der Waals surface area contributed by atoms with E-state index in [1.165, 1.54) is 0 Å². The van der Waals surface area contributed by atoms with Crippen molar-refractivity contribution in [3.05, 3.63) is 57.5 Å². The maximum absolute atomic E-state index is 12.8. The first-order valence-electron chi connectivity index (χ1n) is 7.71. The Morgan fingerprint density at radius 2 is 1.73 bits per heavy atom. The molecule has 0 spiro atoms. The number of thioether (sulfide) groups is 1. The highest BCUT2D eigenvalue weighted by Crippen LogP contribution is 2.39. The number of rotatable bonds is 4. The Balaban J connectivity index is 2.00. The zero-order valence-corrected chi connectivity index (χ0v) is 16.0. The predicted octanol–water partition coefficient (Wildman–Crippen LogP) is 4.91. The summed E-state index contributed by atoms with van der Waals surface area (Å²) in [6.45, 7) is 1.89. The molecule has 7 heteroatoms. The van der Waals surface area contributed by atoms with Gasteiger partial charge >= 0.3 is 0 Å². The topological polar surface area (TPSA) is 55.8 Å². The highest BCUT2D eigenvalue weighted by molar-refractivity contribution is 8.19. The summed E-state index contributed by atoms with van der Waals surface area (Å²) in [5.41, 5.74) is 2.05. The minimum atomic E-state index is -0.401. The molecule has 1 saturated heterocycles. The molecule has 2 aromatic rings. The van der Waals surface area contributed by atoms with E-state index in [0.29, 0.717) is 27.1 Å². The fourth-order valence-electron chi connectivity index (χ4n) is 2.60. The maximum atomic E-state index is 12.8. The smallest absolute Gasteiger partial charge is 0.298 e. The molecule has 0 radical (unpaired) electrons. The molecule has 0 saturated carbocycles. The molecular weight excluding hydrogens is 374 g/mol. The fourth-order valence-corrected chi connectivity index (χ4v) is 3.65. The molecule has 1 aliphatic rings. The van der Waals surface area contributed by atoms with Crippen molar-refractivity contribution in [3.63, 3.8) is 0 Å². The zero-order chi connectivity index (χ0) is 18.8. The van der Waals surface area contributed by atoms with Gasteiger partial charge in [-0.1, -0.05) is 23.7 Å². The molecule has 134 valence electrons. The number of amides is 2. The van der Waals surface area contributed by atoms with Crippen molar-refractivity contribution >= 4 is 46.3 Å². The molecule has 1 heterocycles. The fraction of sp³-hybridized carbons (Fsp3) is 0.158. The van der Waals surface area contributed by atoms with Gasteiger partial charge in [-0.2, -0.15) is 0 Å². The van der Waals surface area contributed by atoms with E-state index in [4.69, 9.17) is 21.1 Å². The minimum Gasteiger partial charge on any atom is -0.493 e. The molecule has 0 unspecified atom stereocenters. The normalized spacial score (nSPS) is 15.7. The SMILES string of the molecule is COc1cc(C)c(/C=C2\SC(=O)N(c3ccccc3Cl)C2=O)cc1OC. The third-order valence-electron chi connectivity index (χ3n) is 3.95. The van der Waals surface area contributed by atoms with Crippen LogP contribution in [0.15, 0.2) is 41.3 Å². The summed E-state index contributed by atoms with van der Waals surface area (Å²) < 4.78 is 10.6. The monoisotopic (exact) mass is 389 g/mol. The van der Waals surface area contributed by atoms with Crippen LogP contribution in [0.4, 0.5) is 10.5 Å². The average Bonchev–Trinajstić information content (AvgIpc) is 2.90. The number of carbonyl (C=O) groups is 2. The molecule has 26 heavy (non-hydrogen) atoms. The second-order valence-corrected chi connectivity index (χ2v) is 6.93. The molecule has 0 aromatic heterocycles. The summed E-state index contributed by atoms with van der Waals surface area (Å²) in [5.74, 6) is 0.753. The van der Waals surface area contributed by atoms with Crippen LogP contribution >= 0.6 is 23.4 Å². The standard InChI is InChI=1S/C19H16ClNO4S/c1-11-8-15(24-2)16(25-3)9-12(11)10-17-18(22)21(19(23)26-17)14-7-5-4-6-13(14)20/h4-10H,1-3H3/b17-10-. The van der Waals surface area contributed by atoms with Gasteiger partial charge in [0.05, 0.1) is 29.8 Å². The number of ether oxygens (including phenoxy) is 2. The van der Waals surface area contributed by atoms with Crippen LogP contribution < -0.4 is 14.4 Å². The van der Waals surface area contributed by atoms with Crippen molar-refractivity contribution < 1.29 is 19.1 Å². The third-order valence-corrected chi connectivity index (χ3v) is 5.14. The summed E-state index contributed by atoms with van der Waals surface area (Å²) in [6, 6.07) is 10.4. The molecule has 0 atom stereocenters. The van der Waals surface area contributed by atoms with Crippen LogP contribution in [0.3, 0.4) is 0 Å². The molecular formula is C19H16ClNO4S. The summed E-state index contributed by atoms with van der Waals surface area (Å²) >= 11 is 7.02. The van der Waals surface area contributed by atoms with Crippen molar-refractivity contribution in [2.45, 2.75) is 6.92 Å². The number of anilines is 1. The van der Waals surface area contributed by atoms with Gasteiger partial charge in [0.15, 0.2) is 11.5 Å². The van der Waals surface area contributed by atoms with Gasteiger partial charge in [0.2, 0.25) is 0 Å². The first-order chi connectivity index (χ1) is 12.5. The molecule has 5 nitrogen and oxygen atoms in total. The third kappa shape index (κ3) is 3.30. The van der Waals surface area contributed by atoms with Crippen molar-refractivity contribution in [2.75, 3.05) is 19.1 Å². The van der Waals surface area contributed by atoms with Crippen molar-refractivity contribution in [2.24, 2.45) is 0 Å². The molecule has 2 amide bonds. The number of imide groups is 1. The number of halogens is 1. The van der Waals surface area contributed by atoms with Crippen LogP contribution in [-0.2, 0) is 4.79 Å². The Morgan fingerprint density at radius 3 is 2.38 bits per heavy atom. The largest absolute Gasteiger partial charge is 0.493 e. The van der Waals surface area contributed by atoms with Crippen molar-refractivity contribution in [3.8, 4) is 11.5 Å². The predicted molar refractivity (Wildman–Crippen MR) is 104 cm³/mol. The van der Waals surface area contributed by atoms with Crippen LogP contribution in [0.1, 0.15) is 11.1 Å². The molecule has 3 rings (SSSR count). The lowest BCUT2D eigenvalue weighted by Gasteiger charge is -2.14. The summed E-state index contributed by atoms with van der Waals surface area (Å²) in [6.07, 6.45) is 1.68. The van der Waals surface area contributed by atoms with Gasteiger partial charge in [-0.05, 0) is 60.2 Å². The van der Waals surface area contributed by atoms with E-state index in [0.717, 1.165) is 27.8 Å². The zero-order valence-electron chi connectivity index (χ0n) is 14.4. The molecule has 2 aromatic carbocycles. The van der Waals surface area contributed by atoms with E-state index in [-0.39, 0.29) is 5.24 Å². The van der Waals surface area contributed by atoms with Gasteiger partial charge in [-0.3, -0.25) is 9.59 Å². The second-order valence-electron chi connectivity index (χ2n) is 5.53. The van der Waals surface area contributed by atoms with Crippen LogP contribution in [0.2, 0.25) is 5.02 Å². The Hall–Kier alpha value is -2.44. The van der Waals surface area contributed by atoms with E-state index >= 15 is 0 Å². The molecule has 0 aliphatic carbocycles. The van der Waals surface area contributed by atoms with E-state index in [2.05, 4.69) is 0 Å². The van der Waals surface area contributed by atoms with Gasteiger partial charge in [-0.25, -0.2) is 4.90 Å². The first kappa shape index (κ1) is 18.4. The van der Waals surface area contributed by atoms with Gasteiger partial charge < -0.3 is 9.47 Å². The number of aryl methyl sites for hydroxylation is 1. The van der Waals surface area contributed by atoms with E-state index in [1.54, 1.807) is 50.6 Å². The molecule has 1 aliphatic heterocycles. The Morgan fingerprint density at radius 1 is 1.08 bits per heavy atom. The van der Waals surface area contributed by atoms with E-state index < -0.39 is 5.91 Å². The van der Waals surface area contributed by atoms with Crippen LogP contribution in [0.5, 0.6) is 11.5 Å². The quantitative estimate of drug-likeness (QED) is 0.695. The lowest BCUT2D eigenvalue weighted by Crippen LogP contribution is -2.27. The van der Waals surface area contributed by atoms with Gasteiger partial charge in [0, 0.05) is 0 Å². The van der Waals surface area contributed by atoms with Crippen LogP contribution in [-0.4, -0.2) is 25.4 Å². The summed E-state index contributed by atoms with van der Waals surface area (Å²) in [7, 11) is 3.11. The van der Waals surface area contributed by atoms with Gasteiger partial charge in [-0.15, -0.1) is 0 Å². The van der Waals surface area contributed by atoms with Crippen LogP contribution in [0.25, 0.3) is 6.08 Å². The second kappa shape index (κ2) is 7.43. The Labute approximate surface area is 160 Å². The lowest BCUT2D eigenvalue weighted by atomic mass is 10.1. The summed E-state index contributed by atoms with van der Waals surface area (Å²) in [4.78, 5) is 26.6. The number of hydrogen-bond donors (Lipinski definition) is 0. The number of para-hydroxylation sites is 1. The number of nitrogens with zero attached hydrogens (tertiary/aromatic N) is 1. The first-order valence-corrected chi connectivity index (χ1v) is 8.90. The van der Waals surface area contributed by atoms with Crippen molar-refractivity contribution in [1.29, 1.82) is 0 Å². The Kier molecular flexibility index (Phi) is 5.25. The molecule has 1 fully saturated rings. The van der Waals surface area contributed by atoms with Gasteiger partial charge in [0.25, 0.3) is 11.1 Å². The Bertz CT molecular complexity index is 926. The molecule has 0 N–H and O–H groups in total. The van der Waals surface area contributed by atoms with Gasteiger partial charge in [0.1, 0.15) is 0 Å². The molecule has 0 bridgehead atoms.